The normalized spacial score (nSPS) is 11.3. The van der Waals surface area contributed by atoms with Crippen LogP contribution in [-0.4, -0.2) is 39.7 Å². The highest BCUT2D eigenvalue weighted by Crippen LogP contribution is 2.15. The summed E-state index contributed by atoms with van der Waals surface area (Å²) in [7, 11) is 5.74. The molecule has 0 aliphatic rings. The lowest BCUT2D eigenvalue weighted by Gasteiger charge is -2.11. The minimum absolute atomic E-state index is 0.282. The summed E-state index contributed by atoms with van der Waals surface area (Å²) < 4.78 is 1.53. The van der Waals surface area contributed by atoms with Gasteiger partial charge in [0.15, 0.2) is 5.65 Å². The van der Waals surface area contributed by atoms with Crippen molar-refractivity contribution in [2.24, 2.45) is 7.05 Å². The number of carbonyl (C=O) groups is 1. The van der Waals surface area contributed by atoms with Gasteiger partial charge in [-0.05, 0) is 38.2 Å². The van der Waals surface area contributed by atoms with Crippen LogP contribution in [0.5, 0.6) is 0 Å². The number of pyridine rings is 1. The maximum absolute atomic E-state index is 12.7. The highest BCUT2D eigenvalue weighted by molar-refractivity contribution is 6.05. The Morgan fingerprint density at radius 1 is 1.27 bits per heavy atom. The molecule has 7 heteroatoms. The van der Waals surface area contributed by atoms with Gasteiger partial charge < -0.3 is 10.2 Å². The van der Waals surface area contributed by atoms with E-state index < -0.39 is 0 Å². The molecule has 0 radical (unpaired) electrons. The molecule has 1 aromatic carbocycles. The summed E-state index contributed by atoms with van der Waals surface area (Å²) in [4.78, 5) is 31.3. The smallest absolute Gasteiger partial charge is 0.274 e. The van der Waals surface area contributed by atoms with Crippen LogP contribution in [0.2, 0.25) is 0 Å². The molecule has 26 heavy (non-hydrogen) atoms. The van der Waals surface area contributed by atoms with Crippen LogP contribution in [0.15, 0.2) is 35.1 Å². The number of benzene rings is 1. The molecule has 2 N–H and O–H groups in total. The third-order valence-corrected chi connectivity index (χ3v) is 4.13. The Morgan fingerprint density at radius 2 is 2.00 bits per heavy atom. The molecule has 0 unspecified atom stereocenters. The number of aromatic amines is 1. The van der Waals surface area contributed by atoms with E-state index in [0.29, 0.717) is 28.8 Å². The molecule has 0 aliphatic carbocycles. The van der Waals surface area contributed by atoms with Gasteiger partial charge in [-0.2, -0.15) is 0 Å². The molecule has 3 aromatic rings. The number of amides is 1. The Labute approximate surface area is 151 Å². The maximum Gasteiger partial charge on any atom is 0.274 e. The number of fused-ring (bicyclic) bond motifs is 1. The molecule has 0 saturated carbocycles. The first kappa shape index (κ1) is 17.9. The molecule has 2 heterocycles. The first-order valence-electron chi connectivity index (χ1n) is 8.42. The number of carbonyl (C=O) groups excluding carboxylic acids is 1. The molecular weight excluding hydrogens is 330 g/mol. The Kier molecular flexibility index (Phi) is 4.90. The summed E-state index contributed by atoms with van der Waals surface area (Å²) in [5.41, 5.74) is 3.40. The van der Waals surface area contributed by atoms with Crippen LogP contribution in [0.25, 0.3) is 11.0 Å². The van der Waals surface area contributed by atoms with Crippen molar-refractivity contribution in [3.63, 3.8) is 0 Å². The van der Waals surface area contributed by atoms with E-state index in [1.165, 1.54) is 10.2 Å². The lowest BCUT2D eigenvalue weighted by molar-refractivity contribution is 0.0952. The zero-order chi connectivity index (χ0) is 18.8. The second-order valence-electron chi connectivity index (χ2n) is 6.75. The van der Waals surface area contributed by atoms with Crippen molar-refractivity contribution in [2.45, 2.75) is 20.0 Å². The molecule has 2 aromatic heterocycles. The van der Waals surface area contributed by atoms with E-state index in [0.717, 1.165) is 12.1 Å². The van der Waals surface area contributed by atoms with Crippen LogP contribution in [0.1, 0.15) is 27.2 Å². The number of aromatic nitrogens is 3. The minimum Gasteiger partial charge on any atom is -0.348 e. The van der Waals surface area contributed by atoms with Crippen molar-refractivity contribution in [3.8, 4) is 0 Å². The second-order valence-corrected chi connectivity index (χ2v) is 6.75. The topological polar surface area (TPSA) is 83.0 Å². The first-order chi connectivity index (χ1) is 12.3. The monoisotopic (exact) mass is 353 g/mol. The molecule has 3 rings (SSSR count). The van der Waals surface area contributed by atoms with Gasteiger partial charge in [-0.1, -0.05) is 24.3 Å². The van der Waals surface area contributed by atoms with Crippen molar-refractivity contribution < 1.29 is 4.79 Å². The Hall–Kier alpha value is -2.93. The Morgan fingerprint density at radius 3 is 2.73 bits per heavy atom. The number of nitrogens with zero attached hydrogens (tertiary/aromatic N) is 3. The van der Waals surface area contributed by atoms with Gasteiger partial charge in [0.25, 0.3) is 11.5 Å². The number of rotatable bonds is 5. The van der Waals surface area contributed by atoms with Crippen molar-refractivity contribution in [1.82, 2.24) is 25.0 Å². The first-order valence-corrected chi connectivity index (χ1v) is 8.42. The van der Waals surface area contributed by atoms with Crippen molar-refractivity contribution >= 4 is 16.9 Å². The fraction of sp³-hybridized carbons (Fsp3) is 0.316. The van der Waals surface area contributed by atoms with Crippen LogP contribution >= 0.6 is 0 Å². The molecule has 0 bridgehead atoms. The molecular formula is C19H23N5O2. The van der Waals surface area contributed by atoms with Crippen LogP contribution < -0.4 is 10.9 Å². The van der Waals surface area contributed by atoms with Crippen molar-refractivity contribution in [2.75, 3.05) is 14.1 Å². The average Bonchev–Trinajstić information content (AvgIpc) is 2.86. The van der Waals surface area contributed by atoms with Gasteiger partial charge >= 0.3 is 0 Å². The second kappa shape index (κ2) is 7.13. The molecule has 7 nitrogen and oxygen atoms in total. The van der Waals surface area contributed by atoms with Gasteiger partial charge in [0.1, 0.15) is 0 Å². The zero-order valence-corrected chi connectivity index (χ0v) is 15.5. The van der Waals surface area contributed by atoms with Crippen LogP contribution in [0.3, 0.4) is 0 Å². The number of hydrogen-bond acceptors (Lipinski definition) is 4. The van der Waals surface area contributed by atoms with E-state index in [9.17, 15) is 9.59 Å². The summed E-state index contributed by atoms with van der Waals surface area (Å²) in [5, 5.41) is 5.88. The SMILES string of the molecule is Cc1cc(C(=O)NCc2cccc(CN(C)C)c2)c2c(=O)[nH]n(C)c2n1. The quantitative estimate of drug-likeness (QED) is 0.729. The van der Waals surface area contributed by atoms with E-state index in [1.807, 2.05) is 26.2 Å². The summed E-state index contributed by atoms with van der Waals surface area (Å²) in [6, 6.07) is 9.74. The Balaban J connectivity index is 1.83. The van der Waals surface area contributed by atoms with E-state index in [4.69, 9.17) is 0 Å². The largest absolute Gasteiger partial charge is 0.348 e. The van der Waals surface area contributed by atoms with Gasteiger partial charge in [0.2, 0.25) is 0 Å². The standard InChI is InChI=1S/C19H23N5O2/c1-12-8-15(16-17(21-12)24(4)22-19(16)26)18(25)20-10-13-6-5-7-14(9-13)11-23(2)3/h5-9H,10-11H2,1-4H3,(H,20,25)(H,22,26). The highest BCUT2D eigenvalue weighted by atomic mass is 16.2. The fourth-order valence-corrected chi connectivity index (χ4v) is 3.04. The molecule has 1 amide bonds. The van der Waals surface area contributed by atoms with Gasteiger partial charge in [0.05, 0.1) is 10.9 Å². The maximum atomic E-state index is 12.7. The minimum atomic E-state index is -0.312. The van der Waals surface area contributed by atoms with Crippen LogP contribution in [0, 0.1) is 6.92 Å². The third kappa shape index (κ3) is 3.67. The summed E-state index contributed by atoms with van der Waals surface area (Å²) in [6.45, 7) is 3.04. The summed E-state index contributed by atoms with van der Waals surface area (Å²) in [6.07, 6.45) is 0. The predicted molar refractivity (Wildman–Crippen MR) is 101 cm³/mol. The van der Waals surface area contributed by atoms with Crippen LogP contribution in [-0.2, 0) is 20.1 Å². The van der Waals surface area contributed by atoms with Crippen molar-refractivity contribution in [1.29, 1.82) is 0 Å². The third-order valence-electron chi connectivity index (χ3n) is 4.13. The van der Waals surface area contributed by atoms with E-state index in [1.54, 1.807) is 20.0 Å². The van der Waals surface area contributed by atoms with Gasteiger partial charge in [0, 0.05) is 25.8 Å². The van der Waals surface area contributed by atoms with E-state index in [-0.39, 0.29) is 11.5 Å². The Bertz CT molecular complexity index is 1020. The van der Waals surface area contributed by atoms with E-state index >= 15 is 0 Å². The average molecular weight is 353 g/mol. The van der Waals surface area contributed by atoms with Gasteiger partial charge in [-0.3, -0.25) is 19.4 Å². The van der Waals surface area contributed by atoms with E-state index in [2.05, 4.69) is 32.4 Å². The lowest BCUT2D eigenvalue weighted by Crippen LogP contribution is -2.24. The van der Waals surface area contributed by atoms with Crippen LogP contribution in [0.4, 0.5) is 0 Å². The molecule has 0 spiro atoms. The number of aryl methyl sites for hydroxylation is 2. The molecule has 0 fully saturated rings. The highest BCUT2D eigenvalue weighted by Gasteiger charge is 2.17. The van der Waals surface area contributed by atoms with Gasteiger partial charge in [-0.15, -0.1) is 0 Å². The fourth-order valence-electron chi connectivity index (χ4n) is 3.04. The van der Waals surface area contributed by atoms with Gasteiger partial charge in [-0.25, -0.2) is 4.98 Å². The summed E-state index contributed by atoms with van der Waals surface area (Å²) in [5.74, 6) is -0.282. The molecule has 0 aliphatic heterocycles. The predicted octanol–water partition coefficient (Wildman–Crippen LogP) is 1.56. The number of H-pyrrole nitrogens is 1. The molecule has 0 saturated heterocycles. The molecule has 0 atom stereocenters. The molecule has 136 valence electrons. The zero-order valence-electron chi connectivity index (χ0n) is 15.5. The summed E-state index contributed by atoms with van der Waals surface area (Å²) >= 11 is 0. The lowest BCUT2D eigenvalue weighted by atomic mass is 10.1. The number of nitrogens with one attached hydrogen (secondary N) is 2. The van der Waals surface area contributed by atoms with Crippen molar-refractivity contribution in [3.05, 3.63) is 63.1 Å². The number of hydrogen-bond donors (Lipinski definition) is 2.